The van der Waals surface area contributed by atoms with Gasteiger partial charge in [0.1, 0.15) is 5.78 Å². The van der Waals surface area contributed by atoms with Crippen molar-refractivity contribution in [1.29, 1.82) is 0 Å². The average molecular weight is 649 g/mol. The quantitative estimate of drug-likeness (QED) is 0.248. The maximum absolute atomic E-state index is 13.5. The van der Waals surface area contributed by atoms with Gasteiger partial charge in [-0.25, -0.2) is 4.98 Å². The van der Waals surface area contributed by atoms with Crippen molar-refractivity contribution in [3.63, 3.8) is 0 Å². The molecular formula is C35H44N4O4S2. The Kier molecular flexibility index (Phi) is 9.82. The van der Waals surface area contributed by atoms with Crippen LogP contribution in [-0.2, 0) is 15.1 Å². The number of imidazole rings is 1. The van der Waals surface area contributed by atoms with E-state index in [2.05, 4.69) is 34.1 Å². The van der Waals surface area contributed by atoms with Crippen molar-refractivity contribution in [1.82, 2.24) is 14.9 Å². The lowest BCUT2D eigenvalue weighted by atomic mass is 9.80. The molecule has 4 N–H and O–H groups in total. The number of phenols is 1. The minimum atomic E-state index is -0.348. The largest absolute Gasteiger partial charge is 0.504 e. The third kappa shape index (κ3) is 6.51. The predicted octanol–water partition coefficient (Wildman–Crippen LogP) is 6.62. The molecular weight excluding hydrogens is 605 g/mol. The van der Waals surface area contributed by atoms with Crippen molar-refractivity contribution < 1.29 is 19.4 Å². The molecule has 10 heteroatoms. The van der Waals surface area contributed by atoms with E-state index in [1.54, 1.807) is 12.1 Å². The minimum Gasteiger partial charge on any atom is -0.504 e. The van der Waals surface area contributed by atoms with Crippen LogP contribution in [-0.4, -0.2) is 50.5 Å². The number of rotatable bonds is 4. The van der Waals surface area contributed by atoms with Crippen LogP contribution in [0.4, 0.5) is 0 Å². The molecule has 0 amide bonds. The molecule has 1 fully saturated rings. The van der Waals surface area contributed by atoms with Crippen molar-refractivity contribution in [3.05, 3.63) is 71.0 Å². The van der Waals surface area contributed by atoms with Crippen molar-refractivity contribution in [2.24, 2.45) is 11.7 Å². The summed E-state index contributed by atoms with van der Waals surface area (Å²) in [5.41, 5.74) is 11.4. The number of benzene rings is 1. The van der Waals surface area contributed by atoms with Crippen LogP contribution in [0.3, 0.4) is 0 Å². The van der Waals surface area contributed by atoms with Gasteiger partial charge < -0.3 is 25.5 Å². The molecule has 0 saturated heterocycles. The molecule has 1 aromatic heterocycles. The summed E-state index contributed by atoms with van der Waals surface area (Å²) in [4.78, 5) is 31.1. The molecule has 1 unspecified atom stereocenters. The van der Waals surface area contributed by atoms with Crippen LogP contribution < -0.4 is 15.8 Å². The zero-order chi connectivity index (χ0) is 31.6. The lowest BCUT2D eigenvalue weighted by Crippen LogP contribution is -2.49. The van der Waals surface area contributed by atoms with E-state index in [0.717, 1.165) is 66.6 Å². The molecule has 2 aliphatic carbocycles. The Balaban J connectivity index is 1.48. The molecule has 3 heterocycles. The van der Waals surface area contributed by atoms with E-state index in [9.17, 15) is 14.7 Å². The monoisotopic (exact) mass is 648 g/mol. The topological polar surface area (TPSA) is 119 Å². The molecule has 8 nitrogen and oxygen atoms in total. The summed E-state index contributed by atoms with van der Waals surface area (Å²) in [7, 11) is 5.32. The van der Waals surface area contributed by atoms with E-state index in [-0.39, 0.29) is 46.6 Å². The van der Waals surface area contributed by atoms with E-state index >= 15 is 0 Å². The Labute approximate surface area is 273 Å². The molecule has 6 rings (SSSR count). The lowest BCUT2D eigenvalue weighted by Gasteiger charge is -2.42. The summed E-state index contributed by atoms with van der Waals surface area (Å²) in [6, 6.07) is 3.57. The van der Waals surface area contributed by atoms with Crippen LogP contribution in [0, 0.1) is 5.92 Å². The highest BCUT2D eigenvalue weighted by Crippen LogP contribution is 2.52. The number of fused-ring (bicyclic) bond motifs is 7. The number of aromatic nitrogens is 2. The number of hydrogen-bond donors (Lipinski definition) is 3. The van der Waals surface area contributed by atoms with Crippen molar-refractivity contribution in [2.75, 3.05) is 12.9 Å². The summed E-state index contributed by atoms with van der Waals surface area (Å²) in [6.07, 6.45) is 19.5. The zero-order valence-electron chi connectivity index (χ0n) is 26.2. The third-order valence-corrected chi connectivity index (χ3v) is 13.2. The standard InChI is InChI=1S/C35H44N4O4S2/c1-3-22-6-8-26(40)17-30(41)23-7-9-27(28-18-31(42)32(43-2)16-24(28)14-23)25-15-29(34(36)38-19-25)33(45-44-20-22)35(10-4-5-11-35)39-13-12-37-21-39/h12-16,18-19,21-22,27,33-34,38,42H,3-11,17,20,36H2,1-2H3/t22-,27+,33-,34?/m0/s1. The van der Waals surface area contributed by atoms with Gasteiger partial charge in [-0.1, -0.05) is 53.9 Å². The second kappa shape index (κ2) is 13.8. The van der Waals surface area contributed by atoms with Crippen LogP contribution in [0.15, 0.2) is 59.8 Å². The fourth-order valence-corrected chi connectivity index (χ4v) is 11.3. The summed E-state index contributed by atoms with van der Waals surface area (Å²) >= 11 is 0. The van der Waals surface area contributed by atoms with Gasteiger partial charge in [0.2, 0.25) is 0 Å². The highest BCUT2D eigenvalue weighted by molar-refractivity contribution is 8.77. The van der Waals surface area contributed by atoms with Crippen molar-refractivity contribution >= 4 is 39.2 Å². The van der Waals surface area contributed by atoms with Crippen LogP contribution in [0.2, 0.25) is 0 Å². The summed E-state index contributed by atoms with van der Waals surface area (Å²) in [6.45, 7) is 2.19. The molecule has 4 atom stereocenters. The number of dihydropyridines is 1. The van der Waals surface area contributed by atoms with Crippen molar-refractivity contribution in [2.45, 2.75) is 94.0 Å². The first-order chi connectivity index (χ1) is 21.8. The Morgan fingerprint density at radius 2 is 2.00 bits per heavy atom. The highest BCUT2D eigenvalue weighted by atomic mass is 33.1. The smallest absolute Gasteiger partial charge is 0.166 e. The first kappa shape index (κ1) is 32.0. The molecule has 4 aliphatic rings. The summed E-state index contributed by atoms with van der Waals surface area (Å²) < 4.78 is 7.77. The Morgan fingerprint density at radius 3 is 2.73 bits per heavy atom. The SMILES string of the molecule is CC[C@H]1CCC(=O)CC(=O)C2=Cc3cc(OC)c(O)cc3[C@H](CC2)C2=CNC(N)C(=C2)[C@@H](C2(n3ccnc3)CCCC2)SSC1. The van der Waals surface area contributed by atoms with Gasteiger partial charge in [-0.15, -0.1) is 0 Å². The van der Waals surface area contributed by atoms with Gasteiger partial charge in [-0.3, -0.25) is 9.59 Å². The molecule has 1 aromatic carbocycles. The van der Waals surface area contributed by atoms with Gasteiger partial charge in [0.05, 0.1) is 36.8 Å². The number of nitrogens with zero attached hydrogens (tertiary/aromatic N) is 2. The van der Waals surface area contributed by atoms with Gasteiger partial charge in [0, 0.05) is 36.7 Å². The Bertz CT molecular complexity index is 1510. The van der Waals surface area contributed by atoms with E-state index in [1.165, 1.54) is 7.11 Å². The number of methoxy groups -OCH3 is 1. The van der Waals surface area contributed by atoms with Gasteiger partial charge in [0.15, 0.2) is 17.3 Å². The zero-order valence-corrected chi connectivity index (χ0v) is 27.8. The normalized spacial score (nSPS) is 27.4. The molecule has 240 valence electrons. The predicted molar refractivity (Wildman–Crippen MR) is 182 cm³/mol. The number of hydrogen-bond acceptors (Lipinski definition) is 9. The van der Waals surface area contributed by atoms with Gasteiger partial charge in [0.25, 0.3) is 0 Å². The van der Waals surface area contributed by atoms with E-state index in [4.69, 9.17) is 10.5 Å². The molecule has 0 radical (unpaired) electrons. The van der Waals surface area contributed by atoms with E-state index in [0.29, 0.717) is 36.5 Å². The first-order valence-corrected chi connectivity index (χ1v) is 18.6. The number of ketones is 2. The van der Waals surface area contributed by atoms with Gasteiger partial charge in [-0.05, 0) is 84.1 Å². The number of carbonyl (C=O) groups is 2. The molecule has 1 saturated carbocycles. The van der Waals surface area contributed by atoms with Gasteiger partial charge in [-0.2, -0.15) is 0 Å². The van der Waals surface area contributed by atoms with E-state index in [1.807, 2.05) is 46.4 Å². The molecule has 2 aliphatic heterocycles. The number of aromatic hydroxyl groups is 1. The van der Waals surface area contributed by atoms with E-state index < -0.39 is 0 Å². The number of nitrogens with two attached hydrogens (primary N) is 1. The van der Waals surface area contributed by atoms with Gasteiger partial charge >= 0.3 is 0 Å². The fourth-order valence-electron chi connectivity index (χ4n) is 7.49. The van der Waals surface area contributed by atoms with Crippen LogP contribution in [0.1, 0.15) is 88.2 Å². The van der Waals surface area contributed by atoms with Crippen LogP contribution in [0.5, 0.6) is 11.5 Å². The number of ether oxygens (including phenoxy) is 1. The number of nitrogens with one attached hydrogen (secondary N) is 1. The highest BCUT2D eigenvalue weighted by Gasteiger charge is 2.47. The lowest BCUT2D eigenvalue weighted by molar-refractivity contribution is -0.125. The summed E-state index contributed by atoms with van der Waals surface area (Å²) in [5.74, 6) is 1.53. The molecule has 2 aromatic rings. The first-order valence-electron chi connectivity index (χ1n) is 16.2. The number of Topliss-reactive ketones (excluding diaryl/α,β-unsaturated/α-hetero) is 2. The minimum absolute atomic E-state index is 0.00569. The number of allylic oxidation sites excluding steroid dienone is 3. The average Bonchev–Trinajstić information content (AvgIpc) is 3.72. The second-order valence-corrected chi connectivity index (χ2v) is 15.4. The number of phenolic OH excluding ortho intramolecular Hbond substituents is 1. The maximum Gasteiger partial charge on any atom is 0.166 e. The molecule has 45 heavy (non-hydrogen) atoms. The maximum atomic E-state index is 13.5. The summed E-state index contributed by atoms with van der Waals surface area (Å²) in [5, 5.41) is 14.5. The molecule has 4 bridgehead atoms. The third-order valence-electron chi connectivity index (χ3n) is 10.2. The van der Waals surface area contributed by atoms with Crippen molar-refractivity contribution in [3.8, 4) is 11.5 Å². The number of carbonyl (C=O) groups excluding carboxylic acids is 2. The molecule has 0 spiro atoms. The fraction of sp³-hybridized carbons (Fsp3) is 0.514. The Hall–Kier alpha value is -2.95. The second-order valence-electron chi connectivity index (χ2n) is 12.8. The van der Waals surface area contributed by atoms with Crippen LogP contribution >= 0.6 is 21.6 Å². The van der Waals surface area contributed by atoms with Crippen LogP contribution in [0.25, 0.3) is 6.08 Å². The Morgan fingerprint density at radius 1 is 1.18 bits per heavy atom.